The van der Waals surface area contributed by atoms with Gasteiger partial charge in [-0.1, -0.05) is 48.5 Å². The number of carbonyl (C=O) groups is 2. The van der Waals surface area contributed by atoms with Crippen LogP contribution in [-0.2, 0) is 26.2 Å². The van der Waals surface area contributed by atoms with Crippen molar-refractivity contribution in [2.75, 3.05) is 16.3 Å². The minimum atomic E-state index is -3.93. The molecule has 0 saturated carbocycles. The number of sulfonamides is 1. The highest BCUT2D eigenvalue weighted by Gasteiger charge is 2.26. The zero-order valence-electron chi connectivity index (χ0n) is 18.8. The van der Waals surface area contributed by atoms with Gasteiger partial charge in [0.05, 0.1) is 28.4 Å². The van der Waals surface area contributed by atoms with Crippen molar-refractivity contribution < 1.29 is 18.0 Å². The second-order valence-corrected chi connectivity index (χ2v) is 9.50. The fourth-order valence-electron chi connectivity index (χ4n) is 3.48. The van der Waals surface area contributed by atoms with Crippen LogP contribution in [0.4, 0.5) is 11.4 Å². The second kappa shape index (κ2) is 11.3. The Hall–Kier alpha value is -3.96. The Balaban J connectivity index is 2.02. The van der Waals surface area contributed by atoms with Gasteiger partial charge < -0.3 is 9.69 Å². The fraction of sp³-hybridized carbons (Fsp3) is 0.192. The van der Waals surface area contributed by atoms with Crippen molar-refractivity contribution in [3.63, 3.8) is 0 Å². The summed E-state index contributed by atoms with van der Waals surface area (Å²) < 4.78 is 28.4. The van der Waals surface area contributed by atoms with Crippen molar-refractivity contribution in [3.8, 4) is 6.07 Å². The number of amides is 1. The zero-order valence-corrected chi connectivity index (χ0v) is 19.6. The number of anilines is 2. The van der Waals surface area contributed by atoms with E-state index in [1.807, 2.05) is 30.3 Å². The van der Waals surface area contributed by atoms with Crippen LogP contribution in [0.1, 0.15) is 30.4 Å². The van der Waals surface area contributed by atoms with Gasteiger partial charge in [0.1, 0.15) is 12.4 Å². The fourth-order valence-corrected chi connectivity index (χ4v) is 4.95. The molecule has 1 amide bonds. The van der Waals surface area contributed by atoms with Gasteiger partial charge in [0.25, 0.3) is 10.0 Å². The average molecular weight is 476 g/mol. The molecule has 0 atom stereocenters. The van der Waals surface area contributed by atoms with Crippen LogP contribution in [0.5, 0.6) is 0 Å². The minimum absolute atomic E-state index is 0.0722. The van der Waals surface area contributed by atoms with Gasteiger partial charge in [0.15, 0.2) is 0 Å². The Morgan fingerprint density at radius 2 is 1.65 bits per heavy atom. The summed E-state index contributed by atoms with van der Waals surface area (Å²) in [6.07, 6.45) is 1.64. The van der Waals surface area contributed by atoms with E-state index in [0.717, 1.165) is 11.8 Å². The predicted octanol–water partition coefficient (Wildman–Crippen LogP) is 4.29. The molecule has 3 aromatic carbocycles. The van der Waals surface area contributed by atoms with Gasteiger partial charge in [-0.3, -0.25) is 9.10 Å². The summed E-state index contributed by atoms with van der Waals surface area (Å²) >= 11 is 0. The summed E-state index contributed by atoms with van der Waals surface area (Å²) in [7, 11) is -2.37. The highest BCUT2D eigenvalue weighted by Crippen LogP contribution is 2.31. The molecule has 0 radical (unpaired) electrons. The van der Waals surface area contributed by atoms with E-state index in [0.29, 0.717) is 17.8 Å². The maximum Gasteiger partial charge on any atom is 0.264 e. The Kier molecular flexibility index (Phi) is 8.17. The van der Waals surface area contributed by atoms with Gasteiger partial charge >= 0.3 is 0 Å². The quantitative estimate of drug-likeness (QED) is 0.322. The highest BCUT2D eigenvalue weighted by molar-refractivity contribution is 7.92. The summed E-state index contributed by atoms with van der Waals surface area (Å²) in [4.78, 5) is 24.5. The third-order valence-electron chi connectivity index (χ3n) is 5.34. The van der Waals surface area contributed by atoms with Crippen LogP contribution in [0.3, 0.4) is 0 Å². The SMILES string of the molecule is CN(C(=O)CCCC=O)c1ccc(N(Cc2ccccc2)S(=O)(=O)c2ccccc2)cc1C#N. The summed E-state index contributed by atoms with van der Waals surface area (Å²) in [6, 6.07) is 24.0. The third-order valence-corrected chi connectivity index (χ3v) is 7.12. The van der Waals surface area contributed by atoms with Gasteiger partial charge in [0, 0.05) is 19.9 Å². The Labute approximate surface area is 199 Å². The Bertz CT molecular complexity index is 1290. The number of hydrogen-bond donors (Lipinski definition) is 0. The van der Waals surface area contributed by atoms with Gasteiger partial charge in [-0.25, -0.2) is 8.42 Å². The van der Waals surface area contributed by atoms with Crippen molar-refractivity contribution in [1.29, 1.82) is 5.26 Å². The maximum atomic E-state index is 13.6. The Morgan fingerprint density at radius 1 is 1.00 bits per heavy atom. The van der Waals surface area contributed by atoms with Gasteiger partial charge in [-0.05, 0) is 42.3 Å². The lowest BCUT2D eigenvalue weighted by atomic mass is 10.1. The molecule has 34 heavy (non-hydrogen) atoms. The molecular weight excluding hydrogens is 450 g/mol. The molecule has 7 nitrogen and oxygen atoms in total. The van der Waals surface area contributed by atoms with Crippen molar-refractivity contribution in [3.05, 3.63) is 90.0 Å². The lowest BCUT2D eigenvalue weighted by Crippen LogP contribution is -2.31. The molecule has 8 heteroatoms. The van der Waals surface area contributed by atoms with E-state index in [1.165, 1.54) is 27.4 Å². The molecule has 0 bridgehead atoms. The van der Waals surface area contributed by atoms with Crippen LogP contribution in [0.15, 0.2) is 83.8 Å². The minimum Gasteiger partial charge on any atom is -0.314 e. The van der Waals surface area contributed by atoms with E-state index in [1.54, 1.807) is 37.4 Å². The summed E-state index contributed by atoms with van der Waals surface area (Å²) in [5.74, 6) is -0.232. The number of carbonyl (C=O) groups excluding carboxylic acids is 2. The number of benzene rings is 3. The van der Waals surface area contributed by atoms with Crippen LogP contribution in [0, 0.1) is 11.3 Å². The van der Waals surface area contributed by atoms with Crippen LogP contribution < -0.4 is 9.21 Å². The molecule has 0 spiro atoms. The number of rotatable bonds is 10. The van der Waals surface area contributed by atoms with Crippen LogP contribution in [-0.4, -0.2) is 27.7 Å². The van der Waals surface area contributed by atoms with E-state index in [-0.39, 0.29) is 35.8 Å². The van der Waals surface area contributed by atoms with E-state index in [9.17, 15) is 23.3 Å². The van der Waals surface area contributed by atoms with Crippen molar-refractivity contribution in [1.82, 2.24) is 0 Å². The van der Waals surface area contributed by atoms with E-state index < -0.39 is 10.0 Å². The first kappa shape index (κ1) is 24.7. The summed E-state index contributed by atoms with van der Waals surface area (Å²) in [6.45, 7) is 0.0722. The third kappa shape index (κ3) is 5.69. The van der Waals surface area contributed by atoms with Gasteiger partial charge in [-0.2, -0.15) is 5.26 Å². The number of aldehydes is 1. The average Bonchev–Trinajstić information content (AvgIpc) is 2.87. The van der Waals surface area contributed by atoms with E-state index in [4.69, 9.17) is 0 Å². The van der Waals surface area contributed by atoms with Crippen LogP contribution in [0.2, 0.25) is 0 Å². The van der Waals surface area contributed by atoms with Crippen molar-refractivity contribution in [2.24, 2.45) is 0 Å². The highest BCUT2D eigenvalue weighted by atomic mass is 32.2. The molecule has 0 saturated heterocycles. The van der Waals surface area contributed by atoms with Crippen molar-refractivity contribution in [2.45, 2.75) is 30.7 Å². The first-order valence-corrected chi connectivity index (χ1v) is 12.2. The first-order chi connectivity index (χ1) is 16.4. The molecule has 174 valence electrons. The molecule has 3 rings (SSSR count). The zero-order chi connectivity index (χ0) is 24.6. The normalized spacial score (nSPS) is 10.8. The smallest absolute Gasteiger partial charge is 0.264 e. The van der Waals surface area contributed by atoms with Gasteiger partial charge in [-0.15, -0.1) is 0 Å². The van der Waals surface area contributed by atoms with Crippen LogP contribution >= 0.6 is 0 Å². The molecule has 0 aliphatic rings. The van der Waals surface area contributed by atoms with E-state index in [2.05, 4.69) is 6.07 Å². The lowest BCUT2D eigenvalue weighted by Gasteiger charge is -2.26. The molecule has 0 unspecified atom stereocenters. The molecule has 0 aliphatic heterocycles. The van der Waals surface area contributed by atoms with E-state index >= 15 is 0 Å². The molecule has 3 aromatic rings. The summed E-state index contributed by atoms with van der Waals surface area (Å²) in [5.41, 5.74) is 1.64. The molecule has 0 N–H and O–H groups in total. The van der Waals surface area contributed by atoms with Gasteiger partial charge in [0.2, 0.25) is 5.91 Å². The first-order valence-electron chi connectivity index (χ1n) is 10.7. The molecule has 0 aliphatic carbocycles. The standard InChI is InChI=1S/C26H25N3O4S/c1-28(26(31)14-8-9-17-30)25-16-15-23(18-22(25)19-27)29(20-21-10-4-2-5-11-21)34(32,33)24-12-6-3-7-13-24/h2-7,10-13,15-18H,8-9,14,20H2,1H3. The summed E-state index contributed by atoms with van der Waals surface area (Å²) in [5, 5.41) is 9.78. The number of hydrogen-bond acceptors (Lipinski definition) is 5. The van der Waals surface area contributed by atoms with Crippen LogP contribution in [0.25, 0.3) is 0 Å². The number of unbranched alkanes of at least 4 members (excludes halogenated alkanes) is 1. The lowest BCUT2D eigenvalue weighted by molar-refractivity contribution is -0.118. The predicted molar refractivity (Wildman–Crippen MR) is 131 cm³/mol. The molecule has 0 fully saturated rings. The number of nitriles is 1. The maximum absolute atomic E-state index is 13.6. The molecule has 0 aromatic heterocycles. The largest absolute Gasteiger partial charge is 0.314 e. The second-order valence-electron chi connectivity index (χ2n) is 7.64. The topological polar surface area (TPSA) is 98.6 Å². The number of nitrogens with zero attached hydrogens (tertiary/aromatic N) is 3. The monoisotopic (exact) mass is 475 g/mol. The van der Waals surface area contributed by atoms with Crippen molar-refractivity contribution >= 4 is 33.6 Å². The Morgan fingerprint density at radius 3 is 2.26 bits per heavy atom. The molecular formula is C26H25N3O4S. The molecule has 0 heterocycles.